The molecule has 2 aliphatic rings. The van der Waals surface area contributed by atoms with Crippen molar-refractivity contribution in [1.82, 2.24) is 25.8 Å². The molecule has 1 aliphatic heterocycles. The number of nitrogens with zero attached hydrogens (tertiary/aromatic N) is 2. The number of pyridine rings is 1. The second-order valence-corrected chi connectivity index (χ2v) is 19.6. The minimum atomic E-state index is -3.95. The summed E-state index contributed by atoms with van der Waals surface area (Å²) in [5.41, 5.74) is 0.372. The van der Waals surface area contributed by atoms with Crippen LogP contribution >= 0.6 is 0 Å². The average Bonchev–Trinajstić information content (AvgIpc) is 3.11. The molecule has 2 fully saturated rings. The predicted octanol–water partition coefficient (Wildman–Crippen LogP) is 3.86. The lowest BCUT2D eigenvalue weighted by Crippen LogP contribution is -2.65. The van der Waals surface area contributed by atoms with E-state index in [4.69, 9.17) is 9.47 Å². The molecule has 2 aromatic rings. The summed E-state index contributed by atoms with van der Waals surface area (Å²) < 4.78 is 36.4. The number of hydrogen-bond acceptors (Lipinski definition) is 10. The average molecular weight is 784 g/mol. The van der Waals surface area contributed by atoms with Crippen molar-refractivity contribution in [3.63, 3.8) is 0 Å². The third-order valence-electron chi connectivity index (χ3n) is 10.8. The summed E-state index contributed by atoms with van der Waals surface area (Å²) >= 11 is 0. The zero-order valence-electron chi connectivity index (χ0n) is 33.7. The van der Waals surface area contributed by atoms with E-state index in [-0.39, 0.29) is 18.9 Å². The molecular formula is C41H61N5O8S. The molecule has 1 aromatic carbocycles. The van der Waals surface area contributed by atoms with E-state index in [1.807, 2.05) is 51.1 Å². The molecule has 2 heterocycles. The number of nitrogens with one attached hydrogen (secondary N) is 3. The van der Waals surface area contributed by atoms with Gasteiger partial charge in [-0.2, -0.15) is 0 Å². The van der Waals surface area contributed by atoms with Crippen LogP contribution in [0.5, 0.6) is 5.75 Å². The number of piperidine rings is 1. The van der Waals surface area contributed by atoms with Crippen LogP contribution in [0.1, 0.15) is 86.1 Å². The zero-order valence-corrected chi connectivity index (χ0v) is 34.5. The monoisotopic (exact) mass is 783 g/mol. The predicted molar refractivity (Wildman–Crippen MR) is 211 cm³/mol. The molecule has 0 bridgehead atoms. The Bertz CT molecular complexity index is 1710. The molecule has 1 saturated heterocycles. The van der Waals surface area contributed by atoms with E-state index in [9.17, 15) is 27.6 Å². The van der Waals surface area contributed by atoms with Crippen molar-refractivity contribution >= 4 is 33.5 Å². The lowest BCUT2D eigenvalue weighted by atomic mass is 9.72. The number of ether oxygens (including phenoxy) is 2. The fourth-order valence-electron chi connectivity index (χ4n) is 7.35. The van der Waals surface area contributed by atoms with Gasteiger partial charge < -0.3 is 25.4 Å². The molecule has 1 saturated carbocycles. The number of hydrogen-bond donors (Lipinski definition) is 3. The molecule has 1 aromatic heterocycles. The molecule has 0 radical (unpaired) electrons. The maximum absolute atomic E-state index is 14.6. The van der Waals surface area contributed by atoms with Gasteiger partial charge in [-0.05, 0) is 77.0 Å². The summed E-state index contributed by atoms with van der Waals surface area (Å²) in [6, 6.07) is 9.69. The van der Waals surface area contributed by atoms with Crippen molar-refractivity contribution < 1.29 is 37.1 Å². The molecule has 3 N–H and O–H groups in total. The Balaban J connectivity index is 1.74. The Morgan fingerprint density at radius 3 is 2.22 bits per heavy atom. The maximum atomic E-state index is 14.6. The topological polar surface area (TPSA) is 173 Å². The Kier molecular flexibility index (Phi) is 14.9. The Morgan fingerprint density at radius 2 is 1.62 bits per heavy atom. The standard InChI is InChI=1S/C41H61N5O8S/c1-27(2)39(50)54-34(21-28-15-10-9-11-16-28)32(25-46-24-30-18-13-12-17-29(30)22-33(46)37(48)45-40(3,4)5)43-38(49)36(41(6,7)55(8,51)52)44-35(47)26-53-31-19-14-20-42-23-31/h9-11,14-16,19-20,23,27,29-30,32-34,36H,12-13,17-18,21-22,24-26H2,1-8H3,(H,43,49)(H,44,47)(H,45,48)/t29-,30+,32+,33-,34-,36+/m0/s1. The SMILES string of the molecule is CC(C)C(=O)O[C@@H](Cc1ccccc1)[C@@H](CN1C[C@H]2CCCC[C@H]2C[C@H]1C(=O)NC(C)(C)C)NC(=O)[C@@H](NC(=O)COc1cccnc1)C(C)(C)S(C)(=O)=O. The highest BCUT2D eigenvalue weighted by molar-refractivity contribution is 7.92. The first-order valence-corrected chi connectivity index (χ1v) is 21.3. The molecule has 1 aliphatic carbocycles. The van der Waals surface area contributed by atoms with Crippen molar-refractivity contribution in [2.75, 3.05) is 26.0 Å². The summed E-state index contributed by atoms with van der Waals surface area (Å²) in [6.07, 6.45) is 8.26. The van der Waals surface area contributed by atoms with Crippen LogP contribution < -0.4 is 20.7 Å². The summed E-state index contributed by atoms with van der Waals surface area (Å²) in [7, 11) is -3.95. The Labute approximate surface area is 327 Å². The summed E-state index contributed by atoms with van der Waals surface area (Å²) in [4.78, 5) is 61.4. The Hall–Kier alpha value is -4.04. The molecule has 55 heavy (non-hydrogen) atoms. The number of fused-ring (bicyclic) bond motifs is 1. The van der Waals surface area contributed by atoms with Crippen LogP contribution in [0, 0.1) is 17.8 Å². The van der Waals surface area contributed by atoms with Gasteiger partial charge in [0.15, 0.2) is 16.4 Å². The number of rotatable bonds is 16. The van der Waals surface area contributed by atoms with Gasteiger partial charge in [-0.3, -0.25) is 29.1 Å². The first kappa shape index (κ1) is 43.7. The minimum absolute atomic E-state index is 0.114. The van der Waals surface area contributed by atoms with Gasteiger partial charge >= 0.3 is 5.97 Å². The normalized spacial score (nSPS) is 21.0. The van der Waals surface area contributed by atoms with Crippen LogP contribution in [0.2, 0.25) is 0 Å². The summed E-state index contributed by atoms with van der Waals surface area (Å²) in [5.74, 6) is -1.50. The lowest BCUT2D eigenvalue weighted by Gasteiger charge is -2.47. The van der Waals surface area contributed by atoms with Crippen LogP contribution in [-0.4, -0.2) is 102 Å². The van der Waals surface area contributed by atoms with Crippen molar-refractivity contribution in [3.8, 4) is 5.75 Å². The largest absolute Gasteiger partial charge is 0.482 e. The van der Waals surface area contributed by atoms with E-state index in [0.29, 0.717) is 30.6 Å². The van der Waals surface area contributed by atoms with Crippen LogP contribution in [0.4, 0.5) is 0 Å². The van der Waals surface area contributed by atoms with E-state index in [1.54, 1.807) is 32.2 Å². The number of aromatic nitrogens is 1. The van der Waals surface area contributed by atoms with Gasteiger partial charge in [0, 0.05) is 37.5 Å². The first-order valence-electron chi connectivity index (χ1n) is 19.4. The van der Waals surface area contributed by atoms with Gasteiger partial charge in [0.2, 0.25) is 11.8 Å². The lowest BCUT2D eigenvalue weighted by molar-refractivity contribution is -0.156. The molecule has 6 atom stereocenters. The molecule has 13 nitrogen and oxygen atoms in total. The van der Waals surface area contributed by atoms with Crippen molar-refractivity contribution in [2.24, 2.45) is 17.8 Å². The number of carbonyl (C=O) groups excluding carboxylic acids is 4. The number of esters is 1. The molecular weight excluding hydrogens is 723 g/mol. The second kappa shape index (κ2) is 18.7. The number of amides is 3. The molecule has 0 spiro atoms. The van der Waals surface area contributed by atoms with Crippen LogP contribution in [0.3, 0.4) is 0 Å². The number of benzene rings is 1. The molecule has 14 heteroatoms. The van der Waals surface area contributed by atoms with Crippen molar-refractivity contribution in [3.05, 3.63) is 60.4 Å². The highest BCUT2D eigenvalue weighted by Crippen LogP contribution is 2.39. The smallest absolute Gasteiger partial charge is 0.308 e. The first-order chi connectivity index (χ1) is 25.7. The summed E-state index contributed by atoms with van der Waals surface area (Å²) in [5, 5.41) is 8.83. The number of carbonyl (C=O) groups is 4. The highest BCUT2D eigenvalue weighted by atomic mass is 32.2. The third-order valence-corrected chi connectivity index (χ3v) is 12.9. The van der Waals surface area contributed by atoms with Gasteiger partial charge in [0.25, 0.3) is 5.91 Å². The minimum Gasteiger partial charge on any atom is -0.482 e. The highest BCUT2D eigenvalue weighted by Gasteiger charge is 2.47. The van der Waals surface area contributed by atoms with E-state index in [0.717, 1.165) is 37.5 Å². The molecule has 3 amide bonds. The molecule has 0 unspecified atom stereocenters. The van der Waals surface area contributed by atoms with Crippen LogP contribution in [0.25, 0.3) is 0 Å². The van der Waals surface area contributed by atoms with Gasteiger partial charge in [-0.1, -0.05) is 63.4 Å². The van der Waals surface area contributed by atoms with Crippen molar-refractivity contribution in [2.45, 2.75) is 122 Å². The van der Waals surface area contributed by atoms with Gasteiger partial charge in [0.1, 0.15) is 17.9 Å². The van der Waals surface area contributed by atoms with E-state index in [1.165, 1.54) is 20.0 Å². The van der Waals surface area contributed by atoms with Crippen molar-refractivity contribution in [1.29, 1.82) is 0 Å². The second-order valence-electron chi connectivity index (χ2n) is 17.0. The third kappa shape index (κ3) is 12.5. The molecule has 4 rings (SSSR count). The number of sulfone groups is 1. The van der Waals surface area contributed by atoms with E-state index >= 15 is 0 Å². The quantitative estimate of drug-likeness (QED) is 0.212. The number of likely N-dealkylation sites (tertiary alicyclic amines) is 1. The van der Waals surface area contributed by atoms with Crippen LogP contribution in [0.15, 0.2) is 54.9 Å². The molecule has 304 valence electrons. The fraction of sp³-hybridized carbons (Fsp3) is 0.634. The van der Waals surface area contributed by atoms with Gasteiger partial charge in [0.05, 0.1) is 28.9 Å². The maximum Gasteiger partial charge on any atom is 0.308 e. The van der Waals surface area contributed by atoms with E-state index < -0.39 is 74.7 Å². The Morgan fingerprint density at radius 1 is 0.945 bits per heavy atom. The summed E-state index contributed by atoms with van der Waals surface area (Å²) in [6.45, 7) is 12.3. The zero-order chi connectivity index (χ0) is 40.6. The van der Waals surface area contributed by atoms with Crippen LogP contribution in [-0.2, 0) is 40.2 Å². The van der Waals surface area contributed by atoms with E-state index in [2.05, 4.69) is 25.8 Å². The van der Waals surface area contributed by atoms with Gasteiger partial charge in [-0.25, -0.2) is 8.42 Å². The fourth-order valence-corrected chi connectivity index (χ4v) is 7.95. The van der Waals surface area contributed by atoms with Gasteiger partial charge in [-0.15, -0.1) is 0 Å².